The molecule has 0 radical (unpaired) electrons. The Hall–Kier alpha value is -1.21. The summed E-state index contributed by atoms with van der Waals surface area (Å²) in [7, 11) is 0. The quantitative estimate of drug-likeness (QED) is 0.546. The highest BCUT2D eigenvalue weighted by Gasteiger charge is 2.19. The van der Waals surface area contributed by atoms with Crippen molar-refractivity contribution in [3.63, 3.8) is 0 Å². The van der Waals surface area contributed by atoms with Gasteiger partial charge in [-0.3, -0.25) is 4.98 Å². The topological polar surface area (TPSA) is 39.9 Å². The predicted molar refractivity (Wildman–Crippen MR) is 101 cm³/mol. The molecule has 0 spiro atoms. The Balaban J connectivity index is 1.88. The summed E-state index contributed by atoms with van der Waals surface area (Å²) in [6.07, 6.45) is 7.41. The highest BCUT2D eigenvalue weighted by Crippen LogP contribution is 2.32. The average molecular weight is 421 g/mol. The van der Waals surface area contributed by atoms with E-state index in [4.69, 9.17) is 4.74 Å². The van der Waals surface area contributed by atoms with Crippen molar-refractivity contribution in [1.29, 1.82) is 0 Å². The summed E-state index contributed by atoms with van der Waals surface area (Å²) in [6, 6.07) is 4.45. The fourth-order valence-corrected chi connectivity index (χ4v) is 4.52. The van der Waals surface area contributed by atoms with E-state index in [9.17, 15) is 0 Å². The molecule has 0 amide bonds. The van der Waals surface area contributed by atoms with Crippen LogP contribution in [0.25, 0.3) is 21.7 Å². The first-order valence-corrected chi connectivity index (χ1v) is 9.30. The molecule has 0 aliphatic carbocycles. The monoisotopic (exact) mass is 421 g/mol. The third-order valence-corrected chi connectivity index (χ3v) is 5.68. The number of ether oxygens (including phenoxy) is 1. The number of hydrogen-bond acceptors (Lipinski definition) is 3. The molecule has 23 heavy (non-hydrogen) atoms. The molecule has 4 rings (SSSR count). The molecule has 4 nitrogen and oxygen atoms in total. The number of aromatic nitrogens is 3. The van der Waals surface area contributed by atoms with Crippen LogP contribution in [0.4, 0.5) is 0 Å². The van der Waals surface area contributed by atoms with E-state index in [2.05, 4.69) is 58.7 Å². The van der Waals surface area contributed by atoms with Crippen molar-refractivity contribution in [2.24, 2.45) is 0 Å². The lowest BCUT2D eigenvalue weighted by atomic mass is 10.0. The van der Waals surface area contributed by atoms with Crippen molar-refractivity contribution in [2.45, 2.75) is 45.3 Å². The maximum absolute atomic E-state index is 5.90. The molecule has 1 aromatic carbocycles. The molecule has 3 heterocycles. The average Bonchev–Trinajstić information content (AvgIpc) is 2.97. The van der Waals surface area contributed by atoms with Gasteiger partial charge in [-0.1, -0.05) is 13.8 Å². The normalized spacial score (nSPS) is 19.0. The Morgan fingerprint density at radius 2 is 2.09 bits per heavy atom. The van der Waals surface area contributed by atoms with Gasteiger partial charge in [0.1, 0.15) is 0 Å². The molecule has 1 saturated heterocycles. The molecule has 3 aromatic rings. The minimum absolute atomic E-state index is 0.0701. The molecular formula is C18H20IN3O. The van der Waals surface area contributed by atoms with E-state index in [1.54, 1.807) is 0 Å². The van der Waals surface area contributed by atoms with Gasteiger partial charge in [0.15, 0.2) is 6.23 Å². The van der Waals surface area contributed by atoms with E-state index >= 15 is 0 Å². The Morgan fingerprint density at radius 3 is 2.83 bits per heavy atom. The summed E-state index contributed by atoms with van der Waals surface area (Å²) < 4.78 is 9.19. The van der Waals surface area contributed by atoms with E-state index in [0.717, 1.165) is 25.0 Å². The number of benzene rings is 1. The molecule has 1 aliphatic rings. The number of fused-ring (bicyclic) bond motifs is 2. The lowest BCUT2D eigenvalue weighted by Gasteiger charge is -2.23. The standard InChI is InChI=1S/C18H20IN3O/c1-11(2)18-17(19)14-7-13-10-21-22(16-5-3-4-6-23-16)15(13)8-12(14)9-20-18/h7-11,16H,3-6H2,1-2H3. The van der Waals surface area contributed by atoms with Crippen molar-refractivity contribution in [3.05, 3.63) is 33.8 Å². The largest absolute Gasteiger partial charge is 0.356 e. The Kier molecular flexibility index (Phi) is 4.01. The Morgan fingerprint density at radius 1 is 1.22 bits per heavy atom. The van der Waals surface area contributed by atoms with Crippen LogP contribution in [0.15, 0.2) is 24.5 Å². The molecule has 0 saturated carbocycles. The van der Waals surface area contributed by atoms with Crippen LogP contribution in [-0.4, -0.2) is 21.4 Å². The molecule has 1 unspecified atom stereocenters. The van der Waals surface area contributed by atoms with Gasteiger partial charge >= 0.3 is 0 Å². The fourth-order valence-electron chi connectivity index (χ4n) is 3.29. The summed E-state index contributed by atoms with van der Waals surface area (Å²) in [5.41, 5.74) is 2.31. The van der Waals surface area contributed by atoms with Gasteiger partial charge in [0.2, 0.25) is 0 Å². The van der Waals surface area contributed by atoms with E-state index < -0.39 is 0 Å². The third kappa shape index (κ3) is 2.63. The summed E-state index contributed by atoms with van der Waals surface area (Å²) in [5, 5.41) is 8.20. The van der Waals surface area contributed by atoms with Crippen LogP contribution < -0.4 is 0 Å². The molecular weight excluding hydrogens is 401 g/mol. The Labute approximate surface area is 149 Å². The van der Waals surface area contributed by atoms with Crippen LogP contribution in [0, 0.1) is 3.57 Å². The molecule has 0 bridgehead atoms. The van der Waals surface area contributed by atoms with Crippen LogP contribution in [0.5, 0.6) is 0 Å². The summed E-state index contributed by atoms with van der Waals surface area (Å²) in [5.74, 6) is 0.431. The van der Waals surface area contributed by atoms with Crippen molar-refractivity contribution >= 4 is 44.3 Å². The highest BCUT2D eigenvalue weighted by atomic mass is 127. The maximum Gasteiger partial charge on any atom is 0.150 e. The van der Waals surface area contributed by atoms with Crippen LogP contribution in [0.2, 0.25) is 0 Å². The van der Waals surface area contributed by atoms with Gasteiger partial charge in [-0.05, 0) is 65.3 Å². The number of halogens is 1. The number of hydrogen-bond donors (Lipinski definition) is 0. The van der Waals surface area contributed by atoms with E-state index in [1.165, 1.54) is 31.8 Å². The maximum atomic E-state index is 5.90. The molecule has 0 N–H and O–H groups in total. The minimum Gasteiger partial charge on any atom is -0.356 e. The van der Waals surface area contributed by atoms with Gasteiger partial charge in [0, 0.05) is 27.1 Å². The molecule has 120 valence electrons. The zero-order valence-corrected chi connectivity index (χ0v) is 15.6. The van der Waals surface area contributed by atoms with Gasteiger partial charge in [-0.2, -0.15) is 5.10 Å². The zero-order chi connectivity index (χ0) is 16.0. The van der Waals surface area contributed by atoms with E-state index in [-0.39, 0.29) is 6.23 Å². The van der Waals surface area contributed by atoms with Gasteiger partial charge in [-0.25, -0.2) is 4.68 Å². The smallest absolute Gasteiger partial charge is 0.150 e. The third-order valence-electron chi connectivity index (χ3n) is 4.55. The first-order valence-electron chi connectivity index (χ1n) is 8.22. The fraction of sp³-hybridized carbons (Fsp3) is 0.444. The first-order chi connectivity index (χ1) is 11.1. The van der Waals surface area contributed by atoms with Crippen molar-refractivity contribution in [2.75, 3.05) is 6.61 Å². The van der Waals surface area contributed by atoms with Gasteiger partial charge in [0.05, 0.1) is 17.4 Å². The van der Waals surface area contributed by atoms with E-state index in [0.29, 0.717) is 5.92 Å². The second-order valence-corrected chi connectivity index (χ2v) is 7.60. The van der Waals surface area contributed by atoms with Gasteiger partial charge < -0.3 is 4.74 Å². The summed E-state index contributed by atoms with van der Waals surface area (Å²) >= 11 is 2.42. The van der Waals surface area contributed by atoms with Crippen LogP contribution in [0.1, 0.15) is 50.9 Å². The molecule has 1 atom stereocenters. The number of nitrogens with zero attached hydrogens (tertiary/aromatic N) is 3. The van der Waals surface area contributed by atoms with Crippen molar-refractivity contribution in [1.82, 2.24) is 14.8 Å². The van der Waals surface area contributed by atoms with Gasteiger partial charge in [-0.15, -0.1) is 0 Å². The van der Waals surface area contributed by atoms with Crippen LogP contribution in [0.3, 0.4) is 0 Å². The van der Waals surface area contributed by atoms with E-state index in [1.807, 2.05) is 17.1 Å². The second kappa shape index (κ2) is 6.02. The second-order valence-electron chi connectivity index (χ2n) is 6.52. The molecule has 2 aromatic heterocycles. The summed E-state index contributed by atoms with van der Waals surface area (Å²) in [4.78, 5) is 4.67. The lowest BCUT2D eigenvalue weighted by molar-refractivity contribution is -0.0366. The van der Waals surface area contributed by atoms with Crippen LogP contribution in [-0.2, 0) is 4.74 Å². The first kappa shape index (κ1) is 15.3. The minimum atomic E-state index is 0.0701. The lowest BCUT2D eigenvalue weighted by Crippen LogP contribution is -2.18. The SMILES string of the molecule is CC(C)c1ncc2cc3c(cnn3C3CCCCO3)cc2c1I. The molecule has 5 heteroatoms. The number of pyridine rings is 1. The predicted octanol–water partition coefficient (Wildman–Crippen LogP) is 5.01. The molecule has 1 fully saturated rings. The summed E-state index contributed by atoms with van der Waals surface area (Å²) in [6.45, 7) is 5.21. The van der Waals surface area contributed by atoms with Gasteiger partial charge in [0.25, 0.3) is 0 Å². The molecule has 1 aliphatic heterocycles. The van der Waals surface area contributed by atoms with Crippen molar-refractivity contribution < 1.29 is 4.74 Å². The zero-order valence-electron chi connectivity index (χ0n) is 13.4. The number of rotatable bonds is 2. The Bertz CT molecular complexity index is 865. The van der Waals surface area contributed by atoms with Crippen LogP contribution >= 0.6 is 22.6 Å². The van der Waals surface area contributed by atoms with Crippen molar-refractivity contribution in [3.8, 4) is 0 Å². The highest BCUT2D eigenvalue weighted by molar-refractivity contribution is 14.1.